The van der Waals surface area contributed by atoms with E-state index in [1.807, 2.05) is 35.2 Å². The minimum atomic E-state index is -0.619. The monoisotopic (exact) mass is 534 g/mol. The van der Waals surface area contributed by atoms with Crippen LogP contribution in [0.4, 0.5) is 4.79 Å². The van der Waals surface area contributed by atoms with Crippen molar-refractivity contribution in [3.63, 3.8) is 0 Å². The summed E-state index contributed by atoms with van der Waals surface area (Å²) >= 11 is 0. The van der Waals surface area contributed by atoms with Crippen molar-refractivity contribution in [2.24, 2.45) is 17.8 Å². The third-order valence-corrected chi connectivity index (χ3v) is 8.47. The van der Waals surface area contributed by atoms with E-state index in [1.54, 1.807) is 0 Å². The molecule has 2 aromatic rings. The Balaban J connectivity index is 1.24. The van der Waals surface area contributed by atoms with Gasteiger partial charge in [-0.2, -0.15) is 0 Å². The lowest BCUT2D eigenvalue weighted by Gasteiger charge is -2.53. The fourth-order valence-corrected chi connectivity index (χ4v) is 6.43. The average Bonchev–Trinajstić information content (AvgIpc) is 2.90. The summed E-state index contributed by atoms with van der Waals surface area (Å²) in [6.45, 7) is 11.9. The molecule has 3 aliphatic heterocycles. The summed E-state index contributed by atoms with van der Waals surface area (Å²) in [5.74, 6) is 1.55. The number of carbonyl (C=O) groups excluding carboxylic acids is 2. The van der Waals surface area contributed by atoms with Crippen LogP contribution in [0.2, 0.25) is 0 Å². The molecule has 0 aromatic heterocycles. The van der Waals surface area contributed by atoms with Crippen LogP contribution in [0.3, 0.4) is 0 Å². The molecule has 0 radical (unpaired) electrons. The van der Waals surface area contributed by atoms with Crippen LogP contribution in [-0.4, -0.2) is 47.7 Å². The summed E-state index contributed by atoms with van der Waals surface area (Å²) in [6.07, 6.45) is 1.82. The highest BCUT2D eigenvalue weighted by Gasteiger charge is 2.51. The summed E-state index contributed by atoms with van der Waals surface area (Å²) in [5.41, 5.74) is 2.85. The van der Waals surface area contributed by atoms with E-state index in [1.165, 1.54) is 5.56 Å². The zero-order chi connectivity index (χ0) is 27.7. The highest BCUT2D eigenvalue weighted by molar-refractivity contribution is 5.85. The third kappa shape index (κ3) is 6.08. The van der Waals surface area contributed by atoms with E-state index in [4.69, 9.17) is 14.2 Å². The first kappa shape index (κ1) is 27.5. The fraction of sp³-hybridized carbons (Fsp3) is 0.562. The van der Waals surface area contributed by atoms with Crippen LogP contribution < -0.4 is 10.1 Å². The molecule has 3 aliphatic rings. The van der Waals surface area contributed by atoms with Crippen LogP contribution in [0.1, 0.15) is 69.8 Å². The summed E-state index contributed by atoms with van der Waals surface area (Å²) in [4.78, 5) is 28.3. The first-order chi connectivity index (χ1) is 18.6. The van der Waals surface area contributed by atoms with E-state index in [0.29, 0.717) is 19.5 Å². The molecule has 5 atom stereocenters. The van der Waals surface area contributed by atoms with Gasteiger partial charge in [-0.05, 0) is 63.1 Å². The second-order valence-corrected chi connectivity index (χ2v) is 12.4. The van der Waals surface area contributed by atoms with Crippen molar-refractivity contribution in [3.05, 3.63) is 65.2 Å². The Bertz CT molecular complexity index is 1180. The van der Waals surface area contributed by atoms with Crippen LogP contribution in [0.25, 0.3) is 0 Å². The summed E-state index contributed by atoms with van der Waals surface area (Å²) in [5, 5.41) is 2.86. The number of ether oxygens (including phenoxy) is 3. The van der Waals surface area contributed by atoms with Gasteiger partial charge >= 0.3 is 6.09 Å². The Kier molecular flexibility index (Phi) is 7.90. The topological polar surface area (TPSA) is 77.1 Å². The largest absolute Gasteiger partial charge is 0.487 e. The van der Waals surface area contributed by atoms with Crippen molar-refractivity contribution in [1.29, 1.82) is 0 Å². The molecule has 2 fully saturated rings. The van der Waals surface area contributed by atoms with Gasteiger partial charge in [-0.1, -0.05) is 56.3 Å². The van der Waals surface area contributed by atoms with Gasteiger partial charge in [0.25, 0.3) is 0 Å². The predicted molar refractivity (Wildman–Crippen MR) is 149 cm³/mol. The molecular weight excluding hydrogens is 492 g/mol. The van der Waals surface area contributed by atoms with Gasteiger partial charge in [0.2, 0.25) is 5.91 Å². The zero-order valence-corrected chi connectivity index (χ0v) is 23.8. The summed E-state index contributed by atoms with van der Waals surface area (Å²) in [7, 11) is 0. The Morgan fingerprint density at radius 3 is 2.67 bits per heavy atom. The van der Waals surface area contributed by atoms with Gasteiger partial charge < -0.3 is 24.4 Å². The molecule has 3 heterocycles. The molecule has 7 nitrogen and oxygen atoms in total. The van der Waals surface area contributed by atoms with Gasteiger partial charge in [0.1, 0.15) is 24.0 Å². The number of piperidine rings is 1. The average molecular weight is 535 g/mol. The number of amides is 2. The Morgan fingerprint density at radius 1 is 1.15 bits per heavy atom. The maximum Gasteiger partial charge on any atom is 0.408 e. The molecule has 0 unspecified atom stereocenters. The first-order valence-corrected chi connectivity index (χ1v) is 14.3. The van der Waals surface area contributed by atoms with Crippen molar-refractivity contribution in [2.45, 2.75) is 84.3 Å². The van der Waals surface area contributed by atoms with Crippen molar-refractivity contribution in [1.82, 2.24) is 10.2 Å². The Labute approximate surface area is 232 Å². The normalized spacial score (nSPS) is 25.9. The van der Waals surface area contributed by atoms with Crippen LogP contribution in [-0.2, 0) is 20.9 Å². The molecule has 1 N–H and O–H groups in total. The molecule has 0 spiro atoms. The van der Waals surface area contributed by atoms with Crippen molar-refractivity contribution < 1.29 is 23.8 Å². The number of aryl methyl sites for hydroxylation is 1. The molecule has 39 heavy (non-hydrogen) atoms. The van der Waals surface area contributed by atoms with Gasteiger partial charge in [0.15, 0.2) is 0 Å². The zero-order valence-electron chi connectivity index (χ0n) is 23.8. The van der Waals surface area contributed by atoms with Crippen molar-refractivity contribution in [2.75, 3.05) is 13.1 Å². The number of likely N-dealkylation sites (tertiary alicyclic amines) is 1. The van der Waals surface area contributed by atoms with Gasteiger partial charge in [0, 0.05) is 30.5 Å². The summed E-state index contributed by atoms with van der Waals surface area (Å²) < 4.78 is 18.7. The van der Waals surface area contributed by atoms with Gasteiger partial charge in [-0.25, -0.2) is 4.79 Å². The van der Waals surface area contributed by atoms with Crippen LogP contribution in [0.5, 0.6) is 5.75 Å². The fourth-order valence-electron chi connectivity index (χ4n) is 6.43. The number of nitrogens with zero attached hydrogens (tertiary/aromatic N) is 1. The highest BCUT2D eigenvalue weighted by Crippen LogP contribution is 2.53. The van der Waals surface area contributed by atoms with Crippen LogP contribution in [0, 0.1) is 24.7 Å². The van der Waals surface area contributed by atoms with Gasteiger partial charge in [0.05, 0.1) is 12.2 Å². The Morgan fingerprint density at radius 2 is 1.92 bits per heavy atom. The lowest BCUT2D eigenvalue weighted by atomic mass is 9.70. The van der Waals surface area contributed by atoms with Gasteiger partial charge in [-0.3, -0.25) is 4.79 Å². The van der Waals surface area contributed by atoms with E-state index >= 15 is 0 Å². The first-order valence-electron chi connectivity index (χ1n) is 14.3. The standard InChI is InChI=1S/C32H42N2O5/c1-20(2)15-26(33-31(36)37-19-22-9-7-6-8-10-22)30(35)34-14-13-27-23(18-34)17-25-29(38-27)24-12-11-21(3)16-28(24)39-32(25,4)5/h6-12,16,20,23,25-27,29H,13-15,17-19H2,1-5H3,(H,33,36)/t23-,25+,26-,27+,29-/m0/s1. The van der Waals surface area contributed by atoms with E-state index < -0.39 is 12.1 Å². The highest BCUT2D eigenvalue weighted by atomic mass is 16.5. The minimum absolute atomic E-state index is 0.00240. The predicted octanol–water partition coefficient (Wildman–Crippen LogP) is 5.80. The molecule has 0 bridgehead atoms. The number of fused-ring (bicyclic) bond motifs is 4. The molecule has 210 valence electrons. The van der Waals surface area contributed by atoms with Crippen molar-refractivity contribution in [3.8, 4) is 5.75 Å². The number of benzene rings is 2. The van der Waals surface area contributed by atoms with E-state index in [2.05, 4.69) is 58.1 Å². The van der Waals surface area contributed by atoms with E-state index in [9.17, 15) is 9.59 Å². The number of nitrogens with one attached hydrogen (secondary N) is 1. The van der Waals surface area contributed by atoms with Gasteiger partial charge in [-0.15, -0.1) is 0 Å². The SMILES string of the molecule is Cc1ccc2c(c1)OC(C)(C)[C@@H]1C[C@H]3CN(C(=O)[C@H](CC(C)C)NC(=O)OCc4ccccc4)CC[C@H]3O[C@@H]21. The minimum Gasteiger partial charge on any atom is -0.487 e. The second kappa shape index (κ2) is 11.2. The number of alkyl carbamates (subject to hydrolysis) is 1. The number of hydrogen-bond donors (Lipinski definition) is 1. The molecule has 2 aromatic carbocycles. The van der Waals surface area contributed by atoms with Crippen molar-refractivity contribution >= 4 is 12.0 Å². The lowest BCUT2D eigenvalue weighted by Crippen LogP contribution is -2.58. The number of hydrogen-bond acceptors (Lipinski definition) is 5. The quantitative estimate of drug-likeness (QED) is 0.507. The Hall–Kier alpha value is -3.06. The number of carbonyl (C=O) groups is 2. The maximum absolute atomic E-state index is 13.7. The molecule has 0 saturated carbocycles. The molecular formula is C32H42N2O5. The van der Waals surface area contributed by atoms with Crippen LogP contribution >= 0.6 is 0 Å². The van der Waals surface area contributed by atoms with Crippen LogP contribution in [0.15, 0.2) is 48.5 Å². The molecule has 5 rings (SSSR count). The maximum atomic E-state index is 13.7. The second-order valence-electron chi connectivity index (χ2n) is 12.4. The molecule has 2 saturated heterocycles. The third-order valence-electron chi connectivity index (χ3n) is 8.47. The van der Waals surface area contributed by atoms with E-state index in [0.717, 1.165) is 29.7 Å². The lowest BCUT2D eigenvalue weighted by molar-refractivity contribution is -0.189. The summed E-state index contributed by atoms with van der Waals surface area (Å²) in [6, 6.07) is 15.3. The molecule has 7 heteroatoms. The molecule has 0 aliphatic carbocycles. The smallest absolute Gasteiger partial charge is 0.408 e. The number of rotatable bonds is 6. The van der Waals surface area contributed by atoms with E-state index in [-0.39, 0.29) is 48.1 Å². The molecule has 2 amide bonds.